The number of rotatable bonds is 7. The van der Waals surface area contributed by atoms with Gasteiger partial charge in [-0.3, -0.25) is 4.40 Å². The number of imidazole rings is 1. The molecule has 136 valence electrons. The molecule has 26 heavy (non-hydrogen) atoms. The highest BCUT2D eigenvalue weighted by molar-refractivity contribution is 5.86. The van der Waals surface area contributed by atoms with Crippen LogP contribution in [0.15, 0.2) is 24.3 Å². The molecule has 3 aromatic rings. The zero-order chi connectivity index (χ0) is 18.7. The van der Waals surface area contributed by atoms with Gasteiger partial charge in [0.25, 0.3) is 0 Å². The van der Waals surface area contributed by atoms with Gasteiger partial charge in [0.1, 0.15) is 11.9 Å². The standard InChI is InChI=1S/C21H27N5/c1-5-9-16-15(2)17(14-22)21-24-18-10-6-7-11-19(18)26(21)20(16)23-12-8-13-25(3)4/h6-7,10-11,23H,5,8-9,12-13H2,1-4H3. The topological polar surface area (TPSA) is 56.4 Å². The van der Waals surface area contributed by atoms with E-state index in [-0.39, 0.29) is 0 Å². The third kappa shape index (κ3) is 3.25. The summed E-state index contributed by atoms with van der Waals surface area (Å²) in [6.45, 7) is 6.16. The van der Waals surface area contributed by atoms with Gasteiger partial charge in [-0.2, -0.15) is 5.26 Å². The Balaban J connectivity index is 2.21. The summed E-state index contributed by atoms with van der Waals surface area (Å²) in [5, 5.41) is 13.4. The van der Waals surface area contributed by atoms with Gasteiger partial charge < -0.3 is 10.2 Å². The van der Waals surface area contributed by atoms with Crippen molar-refractivity contribution in [2.45, 2.75) is 33.1 Å². The first kappa shape index (κ1) is 18.2. The average molecular weight is 349 g/mol. The molecule has 0 atom stereocenters. The summed E-state index contributed by atoms with van der Waals surface area (Å²) in [6.07, 6.45) is 3.04. The van der Waals surface area contributed by atoms with Gasteiger partial charge in [-0.25, -0.2) is 4.98 Å². The maximum atomic E-state index is 9.77. The van der Waals surface area contributed by atoms with Crippen LogP contribution in [0.3, 0.4) is 0 Å². The van der Waals surface area contributed by atoms with E-state index in [0.29, 0.717) is 5.56 Å². The molecule has 0 radical (unpaired) electrons. The quantitative estimate of drug-likeness (QED) is 0.656. The number of aromatic nitrogens is 2. The van der Waals surface area contributed by atoms with E-state index >= 15 is 0 Å². The lowest BCUT2D eigenvalue weighted by molar-refractivity contribution is 0.405. The molecule has 2 heterocycles. The van der Waals surface area contributed by atoms with E-state index in [9.17, 15) is 5.26 Å². The van der Waals surface area contributed by atoms with Crippen molar-refractivity contribution in [3.8, 4) is 6.07 Å². The number of anilines is 1. The second-order valence-corrected chi connectivity index (χ2v) is 7.03. The number of nitrogens with zero attached hydrogens (tertiary/aromatic N) is 4. The van der Waals surface area contributed by atoms with Gasteiger partial charge in [-0.05, 0) is 63.7 Å². The highest BCUT2D eigenvalue weighted by Gasteiger charge is 2.19. The van der Waals surface area contributed by atoms with Crippen LogP contribution >= 0.6 is 0 Å². The van der Waals surface area contributed by atoms with Crippen molar-refractivity contribution >= 4 is 22.5 Å². The Morgan fingerprint density at radius 3 is 2.73 bits per heavy atom. The van der Waals surface area contributed by atoms with Crippen LogP contribution in [0.1, 0.15) is 36.5 Å². The normalized spacial score (nSPS) is 11.4. The zero-order valence-corrected chi connectivity index (χ0v) is 16.1. The van der Waals surface area contributed by atoms with Crippen molar-refractivity contribution in [1.29, 1.82) is 5.26 Å². The fourth-order valence-corrected chi connectivity index (χ4v) is 3.53. The molecule has 0 aliphatic carbocycles. The van der Waals surface area contributed by atoms with Gasteiger partial charge in [0, 0.05) is 6.54 Å². The molecular formula is C21H27N5. The SMILES string of the molecule is CCCc1c(C)c(C#N)c2nc3ccccc3n2c1NCCCN(C)C. The third-order valence-corrected chi connectivity index (χ3v) is 4.81. The van der Waals surface area contributed by atoms with Crippen molar-refractivity contribution in [3.05, 3.63) is 41.0 Å². The van der Waals surface area contributed by atoms with E-state index in [1.165, 1.54) is 5.56 Å². The molecular weight excluding hydrogens is 322 g/mol. The maximum absolute atomic E-state index is 9.77. The fourth-order valence-electron chi connectivity index (χ4n) is 3.53. The zero-order valence-electron chi connectivity index (χ0n) is 16.1. The molecule has 0 saturated heterocycles. The van der Waals surface area contributed by atoms with Gasteiger partial charge in [0.2, 0.25) is 0 Å². The highest BCUT2D eigenvalue weighted by Crippen LogP contribution is 2.31. The minimum atomic E-state index is 0.684. The maximum Gasteiger partial charge on any atom is 0.157 e. The molecule has 2 aromatic heterocycles. The number of nitrogens with one attached hydrogen (secondary N) is 1. The number of para-hydroxylation sites is 2. The van der Waals surface area contributed by atoms with E-state index < -0.39 is 0 Å². The van der Waals surface area contributed by atoms with Crippen molar-refractivity contribution < 1.29 is 0 Å². The predicted molar refractivity (Wildman–Crippen MR) is 108 cm³/mol. The summed E-state index contributed by atoms with van der Waals surface area (Å²) in [6, 6.07) is 10.5. The van der Waals surface area contributed by atoms with Crippen LogP contribution in [0.4, 0.5) is 5.82 Å². The Hall–Kier alpha value is -2.58. The summed E-state index contributed by atoms with van der Waals surface area (Å²) in [5.41, 5.74) is 5.68. The minimum absolute atomic E-state index is 0.684. The van der Waals surface area contributed by atoms with Gasteiger partial charge in [-0.15, -0.1) is 0 Å². The van der Waals surface area contributed by atoms with E-state index in [1.54, 1.807) is 0 Å². The first-order valence-corrected chi connectivity index (χ1v) is 9.29. The second-order valence-electron chi connectivity index (χ2n) is 7.03. The van der Waals surface area contributed by atoms with Crippen LogP contribution in [0.5, 0.6) is 0 Å². The molecule has 0 aliphatic rings. The van der Waals surface area contributed by atoms with Crippen molar-refractivity contribution in [2.75, 3.05) is 32.5 Å². The van der Waals surface area contributed by atoms with Crippen LogP contribution in [0, 0.1) is 18.3 Å². The van der Waals surface area contributed by atoms with Crippen LogP contribution in [-0.2, 0) is 6.42 Å². The molecule has 5 heteroatoms. The molecule has 0 bridgehead atoms. The molecule has 0 unspecified atom stereocenters. The summed E-state index contributed by atoms with van der Waals surface area (Å²) in [5.74, 6) is 1.09. The third-order valence-electron chi connectivity index (χ3n) is 4.81. The first-order valence-electron chi connectivity index (χ1n) is 9.29. The molecule has 3 rings (SSSR count). The lowest BCUT2D eigenvalue weighted by Crippen LogP contribution is -2.18. The monoisotopic (exact) mass is 349 g/mol. The Kier molecular flexibility index (Phi) is 5.43. The number of pyridine rings is 1. The van der Waals surface area contributed by atoms with Gasteiger partial charge in [0.15, 0.2) is 5.65 Å². The van der Waals surface area contributed by atoms with Crippen LogP contribution in [0.2, 0.25) is 0 Å². The summed E-state index contributed by atoms with van der Waals surface area (Å²) in [4.78, 5) is 6.95. The Labute approximate surface area is 155 Å². The Bertz CT molecular complexity index is 962. The fraction of sp³-hybridized carbons (Fsp3) is 0.429. The molecule has 5 nitrogen and oxygen atoms in total. The number of nitriles is 1. The highest BCUT2D eigenvalue weighted by atomic mass is 15.1. The summed E-state index contributed by atoms with van der Waals surface area (Å²) in [7, 11) is 4.19. The van der Waals surface area contributed by atoms with E-state index in [4.69, 9.17) is 4.98 Å². The van der Waals surface area contributed by atoms with Crippen LogP contribution in [0.25, 0.3) is 16.7 Å². The van der Waals surface area contributed by atoms with Crippen molar-refractivity contribution in [3.63, 3.8) is 0 Å². The van der Waals surface area contributed by atoms with E-state index in [2.05, 4.69) is 47.8 Å². The van der Waals surface area contributed by atoms with Gasteiger partial charge >= 0.3 is 0 Å². The average Bonchev–Trinajstić information content (AvgIpc) is 3.00. The number of benzene rings is 1. The van der Waals surface area contributed by atoms with Gasteiger partial charge in [-0.1, -0.05) is 25.5 Å². The molecule has 0 amide bonds. The van der Waals surface area contributed by atoms with Crippen LogP contribution in [-0.4, -0.2) is 41.5 Å². The minimum Gasteiger partial charge on any atom is -0.371 e. The smallest absolute Gasteiger partial charge is 0.157 e. The van der Waals surface area contributed by atoms with E-state index in [0.717, 1.165) is 60.4 Å². The number of fused-ring (bicyclic) bond motifs is 3. The molecule has 0 fully saturated rings. The van der Waals surface area contributed by atoms with Gasteiger partial charge in [0.05, 0.1) is 16.6 Å². The largest absolute Gasteiger partial charge is 0.371 e. The molecule has 1 aromatic carbocycles. The summed E-state index contributed by atoms with van der Waals surface area (Å²) < 4.78 is 2.14. The lowest BCUT2D eigenvalue weighted by atomic mass is 10.0. The molecule has 0 spiro atoms. The van der Waals surface area contributed by atoms with Crippen molar-refractivity contribution in [1.82, 2.24) is 14.3 Å². The molecule has 0 saturated carbocycles. The lowest BCUT2D eigenvalue weighted by Gasteiger charge is -2.19. The summed E-state index contributed by atoms with van der Waals surface area (Å²) >= 11 is 0. The van der Waals surface area contributed by atoms with Crippen molar-refractivity contribution in [2.24, 2.45) is 0 Å². The Morgan fingerprint density at radius 2 is 2.04 bits per heavy atom. The first-order chi connectivity index (χ1) is 12.6. The molecule has 0 aliphatic heterocycles. The number of hydrogen-bond acceptors (Lipinski definition) is 4. The van der Waals surface area contributed by atoms with Crippen LogP contribution < -0.4 is 5.32 Å². The number of hydrogen-bond donors (Lipinski definition) is 1. The molecule has 1 N–H and O–H groups in total. The predicted octanol–water partition coefficient (Wildman–Crippen LogP) is 3.98. The van der Waals surface area contributed by atoms with E-state index in [1.807, 2.05) is 25.1 Å². The second kappa shape index (κ2) is 7.76. The Morgan fingerprint density at radius 1 is 1.27 bits per heavy atom.